The fourth-order valence-corrected chi connectivity index (χ4v) is 2.14. The summed E-state index contributed by atoms with van der Waals surface area (Å²) in [5.74, 6) is -2.18. The lowest BCUT2D eigenvalue weighted by molar-refractivity contribution is -0.128. The predicted octanol–water partition coefficient (Wildman–Crippen LogP) is 1.15. The zero-order valence-corrected chi connectivity index (χ0v) is 10.9. The lowest BCUT2D eigenvalue weighted by Crippen LogP contribution is -2.40. The molecule has 0 spiro atoms. The van der Waals surface area contributed by atoms with Crippen molar-refractivity contribution in [3.8, 4) is 5.75 Å². The molecule has 0 aliphatic carbocycles. The second-order valence-corrected chi connectivity index (χ2v) is 4.77. The molecular formula is C12H12ClFN2O3. The summed E-state index contributed by atoms with van der Waals surface area (Å²) in [4.78, 5) is 25.0. The number of hydrogen-bond donors (Lipinski definition) is 2. The molecule has 0 aromatic heterocycles. The van der Waals surface area contributed by atoms with E-state index in [1.54, 1.807) is 7.05 Å². The van der Waals surface area contributed by atoms with Gasteiger partial charge in [-0.3, -0.25) is 9.59 Å². The minimum atomic E-state index is -0.734. The average molecular weight is 287 g/mol. The van der Waals surface area contributed by atoms with Gasteiger partial charge in [0.25, 0.3) is 5.91 Å². The van der Waals surface area contributed by atoms with Crippen molar-refractivity contribution in [3.63, 3.8) is 0 Å². The number of nitrogens with one attached hydrogen (secondary N) is 1. The maximum atomic E-state index is 13.2. The van der Waals surface area contributed by atoms with Crippen LogP contribution in [0.5, 0.6) is 5.75 Å². The number of likely N-dealkylation sites (N-methyl/N-ethyl adjacent to an activating group) is 1. The Morgan fingerprint density at radius 1 is 1.58 bits per heavy atom. The molecule has 1 aliphatic rings. The van der Waals surface area contributed by atoms with Crippen molar-refractivity contribution in [1.82, 2.24) is 10.2 Å². The van der Waals surface area contributed by atoms with Gasteiger partial charge in [0.1, 0.15) is 17.6 Å². The Morgan fingerprint density at radius 3 is 2.84 bits per heavy atom. The summed E-state index contributed by atoms with van der Waals surface area (Å²) in [7, 11) is 1.63. The fraction of sp³-hybridized carbons (Fsp3) is 0.333. The predicted molar refractivity (Wildman–Crippen MR) is 66.6 cm³/mol. The quantitative estimate of drug-likeness (QED) is 0.857. The summed E-state index contributed by atoms with van der Waals surface area (Å²) in [5, 5.41) is 11.8. The first kappa shape index (κ1) is 13.6. The van der Waals surface area contributed by atoms with Crippen LogP contribution in [0, 0.1) is 5.82 Å². The number of benzene rings is 1. The third kappa shape index (κ3) is 2.63. The normalized spacial score (nSPS) is 18.8. The van der Waals surface area contributed by atoms with E-state index in [0.29, 0.717) is 13.0 Å². The van der Waals surface area contributed by atoms with Crippen molar-refractivity contribution in [3.05, 3.63) is 28.5 Å². The third-order valence-corrected chi connectivity index (χ3v) is 3.29. The second kappa shape index (κ2) is 5.05. The molecule has 0 unspecified atom stereocenters. The summed E-state index contributed by atoms with van der Waals surface area (Å²) < 4.78 is 13.2. The monoisotopic (exact) mass is 286 g/mol. The summed E-state index contributed by atoms with van der Waals surface area (Å²) in [6.07, 6.45) is 0.477. The maximum absolute atomic E-state index is 13.2. The molecule has 2 N–H and O–H groups in total. The van der Waals surface area contributed by atoms with Gasteiger partial charge in [0.2, 0.25) is 5.91 Å². The lowest BCUT2D eigenvalue weighted by Gasteiger charge is -2.13. The highest BCUT2D eigenvalue weighted by Crippen LogP contribution is 2.28. The number of amides is 2. The summed E-state index contributed by atoms with van der Waals surface area (Å²) in [5.41, 5.74) is -0.285. The van der Waals surface area contributed by atoms with Gasteiger partial charge < -0.3 is 15.3 Å². The highest BCUT2D eigenvalue weighted by Gasteiger charge is 2.31. The Labute approximate surface area is 114 Å². The number of halogens is 2. The molecule has 1 saturated heterocycles. The van der Waals surface area contributed by atoms with Crippen molar-refractivity contribution >= 4 is 23.4 Å². The van der Waals surface area contributed by atoms with Gasteiger partial charge in [0.15, 0.2) is 0 Å². The molecule has 7 heteroatoms. The molecule has 2 amide bonds. The van der Waals surface area contributed by atoms with Crippen LogP contribution in [0.25, 0.3) is 0 Å². The molecule has 1 atom stereocenters. The topological polar surface area (TPSA) is 69.6 Å². The van der Waals surface area contributed by atoms with E-state index in [4.69, 9.17) is 11.6 Å². The van der Waals surface area contributed by atoms with E-state index in [1.807, 2.05) is 0 Å². The van der Waals surface area contributed by atoms with Crippen LogP contribution < -0.4 is 5.32 Å². The maximum Gasteiger partial charge on any atom is 0.255 e. The van der Waals surface area contributed by atoms with E-state index in [-0.39, 0.29) is 16.5 Å². The number of aromatic hydroxyl groups is 1. The van der Waals surface area contributed by atoms with Crippen LogP contribution in [0.1, 0.15) is 16.8 Å². The van der Waals surface area contributed by atoms with Crippen molar-refractivity contribution in [2.24, 2.45) is 0 Å². The SMILES string of the molecule is CN1CC[C@@H](NC(=O)c2cc(F)cc(Cl)c2O)C1=O. The number of likely N-dealkylation sites (tertiary alicyclic amines) is 1. The number of nitrogens with zero attached hydrogens (tertiary/aromatic N) is 1. The van der Waals surface area contributed by atoms with E-state index < -0.39 is 23.5 Å². The molecule has 2 rings (SSSR count). The highest BCUT2D eigenvalue weighted by molar-refractivity contribution is 6.32. The van der Waals surface area contributed by atoms with Crippen LogP contribution in [-0.2, 0) is 4.79 Å². The van der Waals surface area contributed by atoms with E-state index in [1.165, 1.54) is 4.90 Å². The Morgan fingerprint density at radius 2 is 2.26 bits per heavy atom. The summed E-state index contributed by atoms with van der Waals surface area (Å²) in [6.45, 7) is 0.541. The largest absolute Gasteiger partial charge is 0.506 e. The number of carbonyl (C=O) groups is 2. The first-order valence-corrected chi connectivity index (χ1v) is 6.02. The molecule has 1 fully saturated rings. The van der Waals surface area contributed by atoms with Gasteiger partial charge in [0.05, 0.1) is 10.6 Å². The number of carbonyl (C=O) groups excluding carboxylic acids is 2. The minimum absolute atomic E-state index is 0.213. The van der Waals surface area contributed by atoms with Gasteiger partial charge in [-0.2, -0.15) is 0 Å². The molecule has 0 saturated carbocycles. The van der Waals surface area contributed by atoms with E-state index >= 15 is 0 Å². The van der Waals surface area contributed by atoms with Crippen LogP contribution in [0.4, 0.5) is 4.39 Å². The number of rotatable bonds is 2. The number of phenolic OH excluding ortho intramolecular Hbond substituents is 1. The first-order chi connectivity index (χ1) is 8.90. The molecule has 0 bridgehead atoms. The fourth-order valence-electron chi connectivity index (χ4n) is 1.93. The first-order valence-electron chi connectivity index (χ1n) is 5.64. The van der Waals surface area contributed by atoms with Crippen LogP contribution in [0.15, 0.2) is 12.1 Å². The van der Waals surface area contributed by atoms with Crippen molar-refractivity contribution in [2.45, 2.75) is 12.5 Å². The molecule has 102 valence electrons. The van der Waals surface area contributed by atoms with Crippen molar-refractivity contribution < 1.29 is 19.1 Å². The zero-order chi connectivity index (χ0) is 14.2. The second-order valence-electron chi connectivity index (χ2n) is 4.36. The molecule has 0 radical (unpaired) electrons. The van der Waals surface area contributed by atoms with Gasteiger partial charge in [-0.15, -0.1) is 0 Å². The Hall–Kier alpha value is -1.82. The molecule has 1 aliphatic heterocycles. The highest BCUT2D eigenvalue weighted by atomic mass is 35.5. The van der Waals surface area contributed by atoms with E-state index in [9.17, 15) is 19.1 Å². The zero-order valence-electron chi connectivity index (χ0n) is 10.1. The van der Waals surface area contributed by atoms with Crippen LogP contribution in [0.3, 0.4) is 0 Å². The molecule has 5 nitrogen and oxygen atoms in total. The number of hydrogen-bond acceptors (Lipinski definition) is 3. The molecular weight excluding hydrogens is 275 g/mol. The lowest BCUT2D eigenvalue weighted by atomic mass is 10.1. The Bertz CT molecular complexity index is 550. The van der Waals surface area contributed by atoms with Gasteiger partial charge in [0, 0.05) is 13.6 Å². The minimum Gasteiger partial charge on any atom is -0.506 e. The molecule has 1 aromatic rings. The van der Waals surface area contributed by atoms with E-state index in [2.05, 4.69) is 5.32 Å². The van der Waals surface area contributed by atoms with Crippen molar-refractivity contribution in [2.75, 3.05) is 13.6 Å². The number of phenols is 1. The van der Waals surface area contributed by atoms with Gasteiger partial charge >= 0.3 is 0 Å². The standard InChI is InChI=1S/C12H12ClFN2O3/c1-16-3-2-9(12(16)19)15-11(18)7-4-6(14)5-8(13)10(7)17/h4-5,9,17H,2-3H2,1H3,(H,15,18)/t9-/m1/s1. The summed E-state index contributed by atoms with van der Waals surface area (Å²) in [6, 6.07) is 1.13. The summed E-state index contributed by atoms with van der Waals surface area (Å²) >= 11 is 5.59. The van der Waals surface area contributed by atoms with Crippen molar-refractivity contribution in [1.29, 1.82) is 0 Å². The van der Waals surface area contributed by atoms with E-state index in [0.717, 1.165) is 12.1 Å². The Balaban J connectivity index is 2.19. The van der Waals surface area contributed by atoms with Crippen LogP contribution in [0.2, 0.25) is 5.02 Å². The smallest absolute Gasteiger partial charge is 0.255 e. The molecule has 19 heavy (non-hydrogen) atoms. The Kier molecular flexibility index (Phi) is 3.61. The van der Waals surface area contributed by atoms with Gasteiger partial charge in [-0.05, 0) is 18.6 Å². The third-order valence-electron chi connectivity index (χ3n) is 3.01. The van der Waals surface area contributed by atoms with Gasteiger partial charge in [-0.25, -0.2) is 4.39 Å². The van der Waals surface area contributed by atoms with Crippen LogP contribution >= 0.6 is 11.6 Å². The molecule has 1 aromatic carbocycles. The molecule has 1 heterocycles. The average Bonchev–Trinajstić information content (AvgIpc) is 2.65. The van der Waals surface area contributed by atoms with Crippen LogP contribution in [-0.4, -0.2) is 41.5 Å². The van der Waals surface area contributed by atoms with Gasteiger partial charge in [-0.1, -0.05) is 11.6 Å².